The fourth-order valence-corrected chi connectivity index (χ4v) is 1.92. The van der Waals surface area contributed by atoms with Gasteiger partial charge in [0.15, 0.2) is 0 Å². The Balaban J connectivity index is 3.04. The number of hydrogen-bond donors (Lipinski definition) is 0. The van der Waals surface area contributed by atoms with Crippen LogP contribution in [0.4, 0.5) is 0 Å². The van der Waals surface area contributed by atoms with Crippen molar-refractivity contribution in [3.05, 3.63) is 29.3 Å². The van der Waals surface area contributed by atoms with Gasteiger partial charge in [-0.25, -0.2) is 0 Å². The van der Waals surface area contributed by atoms with E-state index in [-0.39, 0.29) is 6.10 Å². The van der Waals surface area contributed by atoms with Gasteiger partial charge in [-0.3, -0.25) is 0 Å². The van der Waals surface area contributed by atoms with E-state index in [9.17, 15) is 5.26 Å². The molecule has 0 radical (unpaired) electrons. The van der Waals surface area contributed by atoms with Gasteiger partial charge in [-0.15, -0.1) is 0 Å². The van der Waals surface area contributed by atoms with Crippen molar-refractivity contribution in [2.45, 2.75) is 40.2 Å². The van der Waals surface area contributed by atoms with Gasteiger partial charge in [-0.2, -0.15) is 10.5 Å². The summed E-state index contributed by atoms with van der Waals surface area (Å²) in [6.07, 6.45) is 0.986. The summed E-state index contributed by atoms with van der Waals surface area (Å²) in [7, 11) is 0. The summed E-state index contributed by atoms with van der Waals surface area (Å²) in [5.41, 5.74) is 0.700. The molecule has 3 nitrogen and oxygen atoms in total. The molecule has 0 aromatic heterocycles. The highest BCUT2D eigenvalue weighted by molar-refractivity contribution is 5.53. The summed E-state index contributed by atoms with van der Waals surface area (Å²) in [6, 6.07) is 9.24. The molecular weight excluding hydrogens is 236 g/mol. The molecular formula is C16H20N2O. The lowest BCUT2D eigenvalue weighted by molar-refractivity contribution is 0.127. The molecule has 19 heavy (non-hydrogen) atoms. The van der Waals surface area contributed by atoms with Gasteiger partial charge in [-0.05, 0) is 30.4 Å². The standard InChI is InChI=1S/C16H20N2O/c1-11(2)8-16(12(3)4)19-15-7-5-6-13(9-17)14(15)10-18/h5-7,11-12,16H,8H2,1-4H3. The maximum atomic E-state index is 9.18. The van der Waals surface area contributed by atoms with E-state index in [0.29, 0.717) is 28.7 Å². The maximum absolute atomic E-state index is 9.18. The van der Waals surface area contributed by atoms with Gasteiger partial charge < -0.3 is 4.74 Å². The lowest BCUT2D eigenvalue weighted by atomic mass is 9.97. The van der Waals surface area contributed by atoms with Crippen molar-refractivity contribution in [3.8, 4) is 17.9 Å². The largest absolute Gasteiger partial charge is 0.489 e. The Labute approximate surface area is 115 Å². The Hall–Kier alpha value is -2.00. The number of rotatable bonds is 5. The van der Waals surface area contributed by atoms with Gasteiger partial charge in [0.1, 0.15) is 29.6 Å². The average molecular weight is 256 g/mol. The summed E-state index contributed by atoms with van der Waals surface area (Å²) < 4.78 is 5.98. The van der Waals surface area contributed by atoms with Crippen LogP contribution in [0.5, 0.6) is 5.75 Å². The summed E-state index contributed by atoms with van der Waals surface area (Å²) >= 11 is 0. The first kappa shape index (κ1) is 15.1. The number of ether oxygens (including phenoxy) is 1. The summed E-state index contributed by atoms with van der Waals surface area (Å²) in [5, 5.41) is 18.2. The van der Waals surface area contributed by atoms with E-state index in [4.69, 9.17) is 10.00 Å². The van der Waals surface area contributed by atoms with Crippen molar-refractivity contribution in [2.24, 2.45) is 11.8 Å². The molecule has 1 aromatic carbocycles. The number of nitriles is 2. The Kier molecular flexibility index (Phi) is 5.39. The van der Waals surface area contributed by atoms with E-state index in [1.54, 1.807) is 18.2 Å². The zero-order valence-corrected chi connectivity index (χ0v) is 12.0. The second-order valence-corrected chi connectivity index (χ2v) is 5.43. The van der Waals surface area contributed by atoms with Crippen LogP contribution in [0, 0.1) is 34.5 Å². The lowest BCUT2D eigenvalue weighted by Gasteiger charge is -2.25. The van der Waals surface area contributed by atoms with E-state index < -0.39 is 0 Å². The van der Waals surface area contributed by atoms with E-state index in [1.807, 2.05) is 6.07 Å². The third-order valence-corrected chi connectivity index (χ3v) is 2.98. The van der Waals surface area contributed by atoms with Gasteiger partial charge in [-0.1, -0.05) is 33.8 Å². The minimum Gasteiger partial charge on any atom is -0.489 e. The lowest BCUT2D eigenvalue weighted by Crippen LogP contribution is -2.25. The Morgan fingerprint density at radius 1 is 1.11 bits per heavy atom. The quantitative estimate of drug-likeness (QED) is 0.803. The van der Waals surface area contributed by atoms with Gasteiger partial charge in [0.05, 0.1) is 5.56 Å². The first-order valence-electron chi connectivity index (χ1n) is 6.59. The highest BCUT2D eigenvalue weighted by Gasteiger charge is 2.19. The Morgan fingerprint density at radius 3 is 2.26 bits per heavy atom. The smallest absolute Gasteiger partial charge is 0.138 e. The molecule has 1 aromatic rings. The van der Waals surface area contributed by atoms with Crippen molar-refractivity contribution in [2.75, 3.05) is 0 Å². The van der Waals surface area contributed by atoms with Crippen molar-refractivity contribution in [1.82, 2.24) is 0 Å². The molecule has 1 rings (SSSR count). The van der Waals surface area contributed by atoms with Crippen LogP contribution in [0.2, 0.25) is 0 Å². The molecule has 100 valence electrons. The van der Waals surface area contributed by atoms with Gasteiger partial charge in [0.25, 0.3) is 0 Å². The summed E-state index contributed by atoms with van der Waals surface area (Å²) in [4.78, 5) is 0. The van der Waals surface area contributed by atoms with Crippen LogP contribution in [-0.2, 0) is 0 Å². The second-order valence-electron chi connectivity index (χ2n) is 5.43. The monoisotopic (exact) mass is 256 g/mol. The van der Waals surface area contributed by atoms with Crippen molar-refractivity contribution in [3.63, 3.8) is 0 Å². The molecule has 0 spiro atoms. The molecule has 0 N–H and O–H groups in total. The van der Waals surface area contributed by atoms with Crippen LogP contribution in [-0.4, -0.2) is 6.10 Å². The van der Waals surface area contributed by atoms with Crippen LogP contribution in [0.25, 0.3) is 0 Å². The minimum absolute atomic E-state index is 0.0565. The fourth-order valence-electron chi connectivity index (χ4n) is 1.92. The van der Waals surface area contributed by atoms with Gasteiger partial charge >= 0.3 is 0 Å². The third-order valence-electron chi connectivity index (χ3n) is 2.98. The van der Waals surface area contributed by atoms with Crippen LogP contribution in [0.1, 0.15) is 45.2 Å². The fraction of sp³-hybridized carbons (Fsp3) is 0.500. The predicted octanol–water partition coefficient (Wildman–Crippen LogP) is 3.88. The highest BCUT2D eigenvalue weighted by atomic mass is 16.5. The molecule has 0 saturated heterocycles. The molecule has 3 heteroatoms. The van der Waals surface area contributed by atoms with Gasteiger partial charge in [0.2, 0.25) is 0 Å². The van der Waals surface area contributed by atoms with E-state index in [1.165, 1.54) is 0 Å². The molecule has 0 fully saturated rings. The number of benzene rings is 1. The summed E-state index contributed by atoms with van der Waals surface area (Å²) in [5.74, 6) is 1.40. The highest BCUT2D eigenvalue weighted by Crippen LogP contribution is 2.26. The first-order chi connectivity index (χ1) is 8.99. The van der Waals surface area contributed by atoms with Crippen LogP contribution < -0.4 is 4.74 Å². The van der Waals surface area contributed by atoms with Crippen molar-refractivity contribution in [1.29, 1.82) is 10.5 Å². The molecule has 1 unspecified atom stereocenters. The average Bonchev–Trinajstić information content (AvgIpc) is 2.36. The molecule has 1 atom stereocenters. The second kappa shape index (κ2) is 6.81. The zero-order chi connectivity index (χ0) is 14.4. The van der Waals surface area contributed by atoms with E-state index >= 15 is 0 Å². The number of hydrogen-bond acceptors (Lipinski definition) is 3. The van der Waals surface area contributed by atoms with Crippen LogP contribution >= 0.6 is 0 Å². The molecule has 0 bridgehead atoms. The first-order valence-corrected chi connectivity index (χ1v) is 6.59. The van der Waals surface area contributed by atoms with Gasteiger partial charge in [0, 0.05) is 0 Å². The summed E-state index contributed by atoms with van der Waals surface area (Å²) in [6.45, 7) is 8.51. The van der Waals surface area contributed by atoms with Crippen LogP contribution in [0.3, 0.4) is 0 Å². The molecule has 0 heterocycles. The minimum atomic E-state index is 0.0565. The maximum Gasteiger partial charge on any atom is 0.138 e. The molecule has 0 aliphatic heterocycles. The SMILES string of the molecule is CC(C)CC(Oc1cccc(C#N)c1C#N)C(C)C. The molecule has 0 amide bonds. The molecule has 0 aliphatic rings. The van der Waals surface area contributed by atoms with E-state index in [0.717, 1.165) is 6.42 Å². The zero-order valence-electron chi connectivity index (χ0n) is 12.0. The number of nitrogens with zero attached hydrogens (tertiary/aromatic N) is 2. The normalized spacial score (nSPS) is 12.0. The Morgan fingerprint density at radius 2 is 1.79 bits per heavy atom. The topological polar surface area (TPSA) is 56.8 Å². The molecule has 0 aliphatic carbocycles. The van der Waals surface area contributed by atoms with E-state index in [2.05, 4.69) is 33.8 Å². The van der Waals surface area contributed by atoms with Crippen molar-refractivity contribution >= 4 is 0 Å². The predicted molar refractivity (Wildman–Crippen MR) is 74.6 cm³/mol. The third kappa shape index (κ3) is 4.00. The Bertz CT molecular complexity index is 506. The molecule has 0 saturated carbocycles. The van der Waals surface area contributed by atoms with Crippen LogP contribution in [0.15, 0.2) is 18.2 Å². The van der Waals surface area contributed by atoms with Crippen molar-refractivity contribution < 1.29 is 4.74 Å².